The van der Waals surface area contributed by atoms with E-state index >= 15 is 0 Å². The zero-order valence-corrected chi connectivity index (χ0v) is 6.64. The molecule has 0 N–H and O–H groups in total. The lowest BCUT2D eigenvalue weighted by Gasteiger charge is -2.50. The second kappa shape index (κ2) is 2.21. The molecule has 0 unspecified atom stereocenters. The normalized spacial score (nSPS) is 32.1. The molecule has 0 aromatic heterocycles. The van der Waals surface area contributed by atoms with Crippen molar-refractivity contribution in [3.8, 4) is 0 Å². The fraction of sp³-hybridized carbons (Fsp3) is 1.00. The van der Waals surface area contributed by atoms with E-state index in [2.05, 4.69) is 17.3 Å². The minimum Gasteiger partial charge on any atom is -0.302 e. The molecule has 1 spiro atoms. The molecule has 57 valence electrons. The Morgan fingerprint density at radius 1 is 1.30 bits per heavy atom. The van der Waals surface area contributed by atoms with Crippen molar-refractivity contribution in [3.63, 3.8) is 0 Å². The molecule has 0 saturated carbocycles. The van der Waals surface area contributed by atoms with Crippen LogP contribution < -0.4 is 5.32 Å². The molecule has 2 fully saturated rings. The van der Waals surface area contributed by atoms with E-state index in [4.69, 9.17) is 0 Å². The average Bonchev–Trinajstić information content (AvgIpc) is 1.87. The molecule has 0 bridgehead atoms. The minimum absolute atomic E-state index is 0.424. The van der Waals surface area contributed by atoms with Crippen molar-refractivity contribution in [3.05, 3.63) is 0 Å². The largest absolute Gasteiger partial charge is 0.302 e. The van der Waals surface area contributed by atoms with E-state index in [0.29, 0.717) is 5.54 Å². The Labute approximate surface area is 62.6 Å². The lowest BCUT2D eigenvalue weighted by atomic mass is 9.82. The summed E-state index contributed by atoms with van der Waals surface area (Å²) >= 11 is 0. The van der Waals surface area contributed by atoms with E-state index in [1.54, 1.807) is 0 Å². The molecule has 2 aliphatic rings. The quantitative estimate of drug-likeness (QED) is 0.476. The van der Waals surface area contributed by atoms with Crippen LogP contribution >= 0.6 is 0 Å². The standard InChI is InChI=1S/C8H15N2/c1-10-6-8(7-10)4-2-3-5-9-8/h2-7H2,1H3. The van der Waals surface area contributed by atoms with E-state index in [9.17, 15) is 0 Å². The Morgan fingerprint density at radius 2 is 2.10 bits per heavy atom. The molecular weight excluding hydrogens is 124 g/mol. The molecular formula is C8H15N2. The van der Waals surface area contributed by atoms with Crippen molar-refractivity contribution >= 4 is 0 Å². The van der Waals surface area contributed by atoms with Gasteiger partial charge in [-0.3, -0.25) is 0 Å². The summed E-state index contributed by atoms with van der Waals surface area (Å²) < 4.78 is 0. The number of likely N-dealkylation sites (tertiary alicyclic amines) is 1. The highest BCUT2D eigenvalue weighted by molar-refractivity contribution is 5.02. The molecule has 2 heterocycles. The van der Waals surface area contributed by atoms with Crippen LogP contribution in [0, 0.1) is 0 Å². The van der Waals surface area contributed by atoms with Crippen molar-refractivity contribution in [2.24, 2.45) is 0 Å². The number of rotatable bonds is 0. The Hall–Kier alpha value is -0.0800. The number of hydrogen-bond acceptors (Lipinski definition) is 1. The van der Waals surface area contributed by atoms with Gasteiger partial charge in [0, 0.05) is 19.6 Å². The summed E-state index contributed by atoms with van der Waals surface area (Å²) in [4.78, 5) is 2.36. The first-order valence-electron chi connectivity index (χ1n) is 4.18. The summed E-state index contributed by atoms with van der Waals surface area (Å²) in [5, 5.41) is 4.68. The fourth-order valence-corrected chi connectivity index (χ4v) is 2.18. The summed E-state index contributed by atoms with van der Waals surface area (Å²) in [6.07, 6.45) is 4.07. The second-order valence-corrected chi connectivity index (χ2v) is 3.74. The lowest BCUT2D eigenvalue weighted by molar-refractivity contribution is 0.0401. The third-order valence-electron chi connectivity index (χ3n) is 2.63. The van der Waals surface area contributed by atoms with Crippen LogP contribution in [0.4, 0.5) is 0 Å². The lowest BCUT2D eigenvalue weighted by Crippen LogP contribution is -2.66. The maximum Gasteiger partial charge on any atom is 0.0609 e. The molecule has 2 rings (SSSR count). The zero-order chi connectivity index (χ0) is 7.03. The van der Waals surface area contributed by atoms with Crippen LogP contribution in [-0.2, 0) is 0 Å². The number of nitrogens with zero attached hydrogens (tertiary/aromatic N) is 2. The summed E-state index contributed by atoms with van der Waals surface area (Å²) in [5.41, 5.74) is 0.424. The molecule has 1 radical (unpaired) electrons. The van der Waals surface area contributed by atoms with Gasteiger partial charge in [0.2, 0.25) is 0 Å². The van der Waals surface area contributed by atoms with Gasteiger partial charge >= 0.3 is 0 Å². The van der Waals surface area contributed by atoms with Gasteiger partial charge in [-0.05, 0) is 19.9 Å². The van der Waals surface area contributed by atoms with Gasteiger partial charge in [0.1, 0.15) is 0 Å². The number of likely N-dealkylation sites (N-methyl/N-ethyl adjacent to an activating group) is 1. The average molecular weight is 139 g/mol. The highest BCUT2D eigenvalue weighted by Crippen LogP contribution is 2.29. The molecule has 0 aromatic carbocycles. The first-order valence-corrected chi connectivity index (χ1v) is 4.18. The minimum atomic E-state index is 0.424. The van der Waals surface area contributed by atoms with Gasteiger partial charge < -0.3 is 4.90 Å². The van der Waals surface area contributed by atoms with Gasteiger partial charge in [-0.1, -0.05) is 6.42 Å². The topological polar surface area (TPSA) is 17.3 Å². The van der Waals surface area contributed by atoms with Crippen molar-refractivity contribution in [2.45, 2.75) is 24.8 Å². The molecule has 2 aliphatic heterocycles. The first kappa shape index (κ1) is 6.62. The van der Waals surface area contributed by atoms with Crippen LogP contribution in [0.1, 0.15) is 19.3 Å². The van der Waals surface area contributed by atoms with Gasteiger partial charge in [-0.15, -0.1) is 0 Å². The Morgan fingerprint density at radius 3 is 2.60 bits per heavy atom. The van der Waals surface area contributed by atoms with Gasteiger partial charge in [-0.2, -0.15) is 0 Å². The third kappa shape index (κ3) is 0.956. The van der Waals surface area contributed by atoms with Gasteiger partial charge in [-0.25, -0.2) is 5.32 Å². The van der Waals surface area contributed by atoms with Gasteiger partial charge in [0.15, 0.2) is 0 Å². The number of piperidine rings is 1. The van der Waals surface area contributed by atoms with Gasteiger partial charge in [0.05, 0.1) is 5.54 Å². The molecule has 0 aromatic rings. The highest BCUT2D eigenvalue weighted by atomic mass is 15.3. The van der Waals surface area contributed by atoms with Crippen molar-refractivity contribution in [1.29, 1.82) is 0 Å². The second-order valence-electron chi connectivity index (χ2n) is 3.74. The van der Waals surface area contributed by atoms with Crippen LogP contribution in [0.2, 0.25) is 0 Å². The predicted octanol–water partition coefficient (Wildman–Crippen LogP) is 0.459. The summed E-state index contributed by atoms with van der Waals surface area (Å²) in [6.45, 7) is 3.55. The zero-order valence-electron chi connectivity index (χ0n) is 6.64. The molecule has 0 amide bonds. The van der Waals surface area contributed by atoms with E-state index < -0.39 is 0 Å². The molecule has 2 nitrogen and oxygen atoms in total. The smallest absolute Gasteiger partial charge is 0.0609 e. The maximum absolute atomic E-state index is 4.68. The highest BCUT2D eigenvalue weighted by Gasteiger charge is 2.42. The SMILES string of the molecule is CN1CC2(CCCC[N]2)C1. The van der Waals surface area contributed by atoms with Crippen molar-refractivity contribution in [1.82, 2.24) is 10.2 Å². The molecule has 0 atom stereocenters. The van der Waals surface area contributed by atoms with Crippen molar-refractivity contribution < 1.29 is 0 Å². The van der Waals surface area contributed by atoms with Crippen LogP contribution in [0.25, 0.3) is 0 Å². The maximum atomic E-state index is 4.68. The third-order valence-corrected chi connectivity index (χ3v) is 2.63. The molecule has 2 heteroatoms. The molecule has 0 aliphatic carbocycles. The van der Waals surface area contributed by atoms with Crippen molar-refractivity contribution in [2.75, 3.05) is 26.7 Å². The summed E-state index contributed by atoms with van der Waals surface area (Å²) in [6, 6.07) is 0. The van der Waals surface area contributed by atoms with E-state index in [0.717, 1.165) is 6.54 Å². The molecule has 10 heavy (non-hydrogen) atoms. The Bertz CT molecular complexity index is 112. The van der Waals surface area contributed by atoms with E-state index in [1.165, 1.54) is 32.4 Å². The van der Waals surface area contributed by atoms with Crippen LogP contribution in [0.5, 0.6) is 0 Å². The Balaban J connectivity index is 1.90. The predicted molar refractivity (Wildman–Crippen MR) is 41.1 cm³/mol. The molecule has 2 saturated heterocycles. The summed E-state index contributed by atoms with van der Waals surface area (Å²) in [7, 11) is 2.18. The van der Waals surface area contributed by atoms with Crippen LogP contribution in [0.3, 0.4) is 0 Å². The van der Waals surface area contributed by atoms with Gasteiger partial charge in [0.25, 0.3) is 0 Å². The summed E-state index contributed by atoms with van der Waals surface area (Å²) in [5.74, 6) is 0. The monoisotopic (exact) mass is 139 g/mol. The van der Waals surface area contributed by atoms with Crippen LogP contribution in [-0.4, -0.2) is 37.1 Å². The van der Waals surface area contributed by atoms with Crippen LogP contribution in [0.15, 0.2) is 0 Å². The Kier molecular flexibility index (Phi) is 1.46. The van der Waals surface area contributed by atoms with E-state index in [1.807, 2.05) is 0 Å². The number of hydrogen-bond donors (Lipinski definition) is 0. The van der Waals surface area contributed by atoms with E-state index in [-0.39, 0.29) is 0 Å². The fourth-order valence-electron chi connectivity index (χ4n) is 2.18. The first-order chi connectivity index (χ1) is 4.81.